The molecule has 4 aromatic heterocycles. The highest BCUT2D eigenvalue weighted by Gasteiger charge is 2.25. The second-order valence-corrected chi connectivity index (χ2v) is 17.6. The van der Waals surface area contributed by atoms with Gasteiger partial charge in [0.1, 0.15) is 6.33 Å². The Morgan fingerprint density at radius 2 is 0.848 bits per heavy atom. The monoisotopic (exact) mass is 860 g/mol. The third-order valence-electron chi connectivity index (χ3n) is 12.6. The van der Waals surface area contributed by atoms with E-state index in [2.05, 4.69) is 216 Å². The molecule has 4 heterocycles. The Labute approximate surface area is 383 Å². The number of rotatable bonds is 7. The Balaban J connectivity index is 1.06. The van der Waals surface area contributed by atoms with Crippen LogP contribution in [0.25, 0.3) is 126 Å². The molecule has 13 aromatic rings. The van der Waals surface area contributed by atoms with E-state index in [1.165, 1.54) is 21.2 Å². The standard InChI is InChI=1S/C59H36N6S/c1-3-15-37(16-4-1)39-19-11-21-41(31-39)43-23-13-25-45(33-43)57-62-58(46-26-14-24-44(34-46)42-22-12-20-40(32-42)38-17-5-2-6-18-38)64-59(63-57)65-50-29-9-7-27-47(50)52-49-35-60-36-61-54(49)53-48-28-8-10-30-51(48)66-56(53)55(52)65/h1-36H. The van der Waals surface area contributed by atoms with Crippen molar-refractivity contribution < 1.29 is 0 Å². The summed E-state index contributed by atoms with van der Waals surface area (Å²) >= 11 is 1.78. The van der Waals surface area contributed by atoms with Gasteiger partial charge in [-0.2, -0.15) is 9.97 Å². The third kappa shape index (κ3) is 6.36. The van der Waals surface area contributed by atoms with Crippen LogP contribution in [0.15, 0.2) is 219 Å². The molecule has 7 heteroatoms. The van der Waals surface area contributed by atoms with Gasteiger partial charge < -0.3 is 0 Å². The van der Waals surface area contributed by atoms with Crippen LogP contribution in [0.2, 0.25) is 0 Å². The van der Waals surface area contributed by atoms with Gasteiger partial charge in [-0.25, -0.2) is 15.0 Å². The summed E-state index contributed by atoms with van der Waals surface area (Å²) in [5.74, 6) is 1.69. The van der Waals surface area contributed by atoms with Crippen LogP contribution in [0.5, 0.6) is 0 Å². The zero-order valence-corrected chi connectivity index (χ0v) is 36.2. The van der Waals surface area contributed by atoms with Crippen LogP contribution < -0.4 is 0 Å². The molecule has 0 amide bonds. The van der Waals surface area contributed by atoms with Crippen molar-refractivity contribution in [1.29, 1.82) is 0 Å². The fourth-order valence-corrected chi connectivity index (χ4v) is 10.8. The summed E-state index contributed by atoms with van der Waals surface area (Å²) in [5, 5.41) is 5.41. The summed E-state index contributed by atoms with van der Waals surface area (Å²) in [7, 11) is 0. The number of fused-ring (bicyclic) bond motifs is 10. The molecular formula is C59H36N6S. The van der Waals surface area contributed by atoms with E-state index in [1.54, 1.807) is 17.7 Å². The second-order valence-electron chi connectivity index (χ2n) is 16.5. The fraction of sp³-hybridized carbons (Fsp3) is 0. The Bertz CT molecular complexity index is 3860. The maximum atomic E-state index is 5.45. The fourth-order valence-electron chi connectivity index (χ4n) is 9.51. The van der Waals surface area contributed by atoms with E-state index in [1.807, 2.05) is 6.20 Å². The molecular weight excluding hydrogens is 825 g/mol. The van der Waals surface area contributed by atoms with Gasteiger partial charge in [-0.05, 0) is 80.9 Å². The van der Waals surface area contributed by atoms with Crippen molar-refractivity contribution in [2.75, 3.05) is 0 Å². The third-order valence-corrected chi connectivity index (χ3v) is 13.8. The van der Waals surface area contributed by atoms with E-state index in [4.69, 9.17) is 19.9 Å². The van der Waals surface area contributed by atoms with Gasteiger partial charge in [0.25, 0.3) is 0 Å². The van der Waals surface area contributed by atoms with Gasteiger partial charge in [-0.15, -0.1) is 11.3 Å². The van der Waals surface area contributed by atoms with Crippen molar-refractivity contribution >= 4 is 64.2 Å². The lowest BCUT2D eigenvalue weighted by molar-refractivity contribution is 0.955. The van der Waals surface area contributed by atoms with E-state index in [9.17, 15) is 0 Å². The number of para-hydroxylation sites is 1. The summed E-state index contributed by atoms with van der Waals surface area (Å²) in [6, 6.07) is 72.6. The van der Waals surface area contributed by atoms with Crippen LogP contribution in [0.3, 0.4) is 0 Å². The normalized spacial score (nSPS) is 11.6. The minimum Gasteiger partial charge on any atom is -0.276 e. The molecule has 0 aliphatic heterocycles. The van der Waals surface area contributed by atoms with E-state index in [0.717, 1.165) is 87.3 Å². The lowest BCUT2D eigenvalue weighted by atomic mass is 9.97. The number of hydrogen-bond acceptors (Lipinski definition) is 6. The topological polar surface area (TPSA) is 69.4 Å². The number of hydrogen-bond donors (Lipinski definition) is 0. The molecule has 6 nitrogen and oxygen atoms in total. The summed E-state index contributed by atoms with van der Waals surface area (Å²) in [5.41, 5.74) is 13.8. The molecule has 0 saturated heterocycles. The SMILES string of the molecule is c1ccc(-c2cccc(-c3cccc(-c4nc(-c5cccc(-c6cccc(-c7ccccc7)c6)c5)nc(-n5c6ccccc6c6c7cncnc7c7c8ccccc8sc7c65)n4)c3)c2)cc1. The van der Waals surface area contributed by atoms with Crippen molar-refractivity contribution in [3.63, 3.8) is 0 Å². The number of benzene rings is 9. The van der Waals surface area contributed by atoms with Crippen LogP contribution in [0.1, 0.15) is 0 Å². The Morgan fingerprint density at radius 1 is 0.379 bits per heavy atom. The van der Waals surface area contributed by atoms with Crippen molar-refractivity contribution in [3.05, 3.63) is 219 Å². The van der Waals surface area contributed by atoms with E-state index < -0.39 is 0 Å². The highest BCUT2D eigenvalue weighted by molar-refractivity contribution is 7.27. The lowest BCUT2D eigenvalue weighted by Gasteiger charge is -2.13. The number of thiophene rings is 1. The van der Waals surface area contributed by atoms with Crippen LogP contribution in [-0.4, -0.2) is 29.5 Å². The Morgan fingerprint density at radius 3 is 1.44 bits per heavy atom. The molecule has 0 unspecified atom stereocenters. The molecule has 0 saturated carbocycles. The van der Waals surface area contributed by atoms with Gasteiger partial charge in [0, 0.05) is 49.0 Å². The van der Waals surface area contributed by atoms with Crippen molar-refractivity contribution in [3.8, 4) is 73.2 Å². The summed E-state index contributed by atoms with van der Waals surface area (Å²) in [6.07, 6.45) is 3.61. The van der Waals surface area contributed by atoms with E-state index in [0.29, 0.717) is 17.6 Å². The lowest BCUT2D eigenvalue weighted by Crippen LogP contribution is -2.06. The summed E-state index contributed by atoms with van der Waals surface area (Å²) in [4.78, 5) is 25.8. The zero-order chi connectivity index (χ0) is 43.6. The van der Waals surface area contributed by atoms with Gasteiger partial charge in [0.15, 0.2) is 11.6 Å². The Kier molecular flexibility index (Phi) is 8.92. The molecule has 0 radical (unpaired) electrons. The van der Waals surface area contributed by atoms with Crippen LogP contribution in [0, 0.1) is 0 Å². The van der Waals surface area contributed by atoms with Gasteiger partial charge in [0.2, 0.25) is 5.95 Å². The number of aromatic nitrogens is 6. The van der Waals surface area contributed by atoms with E-state index >= 15 is 0 Å². The second kappa shape index (κ2) is 15.6. The summed E-state index contributed by atoms with van der Waals surface area (Å²) < 4.78 is 4.55. The zero-order valence-electron chi connectivity index (χ0n) is 35.4. The maximum absolute atomic E-state index is 5.45. The first-order valence-electron chi connectivity index (χ1n) is 22.0. The molecule has 0 spiro atoms. The van der Waals surface area contributed by atoms with Gasteiger partial charge in [0.05, 0.1) is 21.3 Å². The molecule has 0 bridgehead atoms. The quantitative estimate of drug-likeness (QED) is 0.160. The average Bonchev–Trinajstić information content (AvgIpc) is 3.97. The molecule has 9 aromatic carbocycles. The molecule has 0 aliphatic carbocycles. The maximum Gasteiger partial charge on any atom is 0.238 e. The minimum absolute atomic E-state index is 0.532. The van der Waals surface area contributed by atoms with Gasteiger partial charge >= 0.3 is 0 Å². The first-order chi connectivity index (χ1) is 32.7. The van der Waals surface area contributed by atoms with Crippen LogP contribution in [-0.2, 0) is 0 Å². The first kappa shape index (κ1) is 37.9. The van der Waals surface area contributed by atoms with Gasteiger partial charge in [-0.3, -0.25) is 4.57 Å². The molecule has 13 rings (SSSR count). The number of nitrogens with zero attached hydrogens (tertiary/aromatic N) is 6. The largest absolute Gasteiger partial charge is 0.276 e. The smallest absolute Gasteiger partial charge is 0.238 e. The molecule has 0 N–H and O–H groups in total. The predicted octanol–water partition coefficient (Wildman–Crippen LogP) is 15.3. The Hall–Kier alpha value is -8.65. The van der Waals surface area contributed by atoms with Gasteiger partial charge in [-0.1, -0.05) is 170 Å². The average molecular weight is 861 g/mol. The van der Waals surface area contributed by atoms with E-state index in [-0.39, 0.29) is 0 Å². The summed E-state index contributed by atoms with van der Waals surface area (Å²) in [6.45, 7) is 0. The highest BCUT2D eigenvalue weighted by Crippen LogP contribution is 2.47. The molecule has 0 aliphatic rings. The van der Waals surface area contributed by atoms with Crippen LogP contribution >= 0.6 is 11.3 Å². The van der Waals surface area contributed by atoms with Crippen molar-refractivity contribution in [2.24, 2.45) is 0 Å². The first-order valence-corrected chi connectivity index (χ1v) is 22.8. The van der Waals surface area contributed by atoms with Crippen LogP contribution in [0.4, 0.5) is 0 Å². The molecule has 0 atom stereocenters. The van der Waals surface area contributed by atoms with Crippen molar-refractivity contribution in [1.82, 2.24) is 29.5 Å². The molecule has 66 heavy (non-hydrogen) atoms. The highest BCUT2D eigenvalue weighted by atomic mass is 32.1. The molecule has 308 valence electrons. The van der Waals surface area contributed by atoms with Crippen molar-refractivity contribution in [2.45, 2.75) is 0 Å². The minimum atomic E-state index is 0.532. The predicted molar refractivity (Wildman–Crippen MR) is 273 cm³/mol. The molecule has 0 fully saturated rings.